The molecule has 0 amide bonds. The van der Waals surface area contributed by atoms with Crippen LogP contribution in [0, 0.1) is 12.1 Å². The van der Waals surface area contributed by atoms with E-state index in [1.807, 2.05) is 60.7 Å². The first-order valence-electron chi connectivity index (χ1n) is 7.21. The first-order valence-corrected chi connectivity index (χ1v) is 7.59. The summed E-state index contributed by atoms with van der Waals surface area (Å²) in [7, 11) is 0. The molecule has 0 heterocycles. The Kier molecular flexibility index (Phi) is 15.5. The zero-order valence-corrected chi connectivity index (χ0v) is 15.6. The van der Waals surface area contributed by atoms with Gasteiger partial charge in [0.25, 0.3) is 0 Å². The summed E-state index contributed by atoms with van der Waals surface area (Å²) >= 11 is 5.82. The van der Waals surface area contributed by atoms with Crippen LogP contribution in [0.15, 0.2) is 83.9 Å². The van der Waals surface area contributed by atoms with Crippen LogP contribution in [0.5, 0.6) is 0 Å². The molecule has 118 valence electrons. The maximum Gasteiger partial charge on any atom is 2.00 e. The quantitative estimate of drug-likeness (QED) is 0.303. The Morgan fingerprint density at radius 2 is 1.18 bits per heavy atom. The van der Waals surface area contributed by atoms with Crippen LogP contribution in [-0.4, -0.2) is 0 Å². The second-order valence-electron chi connectivity index (χ2n) is 4.39. The summed E-state index contributed by atoms with van der Waals surface area (Å²) in [4.78, 5) is 0. The van der Waals surface area contributed by atoms with Crippen LogP contribution in [0.3, 0.4) is 0 Å². The van der Waals surface area contributed by atoms with Gasteiger partial charge < -0.3 is 0 Å². The van der Waals surface area contributed by atoms with Crippen molar-refractivity contribution in [3.05, 3.63) is 96.1 Å². The number of benzene rings is 2. The van der Waals surface area contributed by atoms with E-state index >= 15 is 0 Å². The van der Waals surface area contributed by atoms with Gasteiger partial charge in [0.15, 0.2) is 0 Å². The SMILES string of the molecule is ClC1=CCCC=CCC1.[Pt+2].[c-]1ccccc1.[c-]1ccccc1. The molecule has 0 fully saturated rings. The van der Waals surface area contributed by atoms with Crippen molar-refractivity contribution in [1.82, 2.24) is 0 Å². The Morgan fingerprint density at radius 3 is 1.59 bits per heavy atom. The van der Waals surface area contributed by atoms with E-state index in [1.54, 1.807) is 0 Å². The van der Waals surface area contributed by atoms with Crippen LogP contribution < -0.4 is 0 Å². The molecule has 0 atom stereocenters. The molecule has 22 heavy (non-hydrogen) atoms. The van der Waals surface area contributed by atoms with Gasteiger partial charge in [0, 0.05) is 5.03 Å². The summed E-state index contributed by atoms with van der Waals surface area (Å²) in [5, 5.41) is 1.03. The number of halogens is 1. The van der Waals surface area contributed by atoms with Crippen molar-refractivity contribution in [3.8, 4) is 0 Å². The molecule has 0 N–H and O–H groups in total. The van der Waals surface area contributed by atoms with Gasteiger partial charge >= 0.3 is 21.1 Å². The average Bonchev–Trinajstić information content (AvgIpc) is 2.56. The van der Waals surface area contributed by atoms with Crippen molar-refractivity contribution in [3.63, 3.8) is 0 Å². The molecule has 0 aromatic heterocycles. The van der Waals surface area contributed by atoms with E-state index in [2.05, 4.69) is 30.4 Å². The van der Waals surface area contributed by atoms with Gasteiger partial charge in [-0.25, -0.2) is 0 Å². The van der Waals surface area contributed by atoms with Crippen LogP contribution in [-0.2, 0) is 21.1 Å². The van der Waals surface area contributed by atoms with Crippen molar-refractivity contribution < 1.29 is 21.1 Å². The molecule has 2 aromatic carbocycles. The summed E-state index contributed by atoms with van der Waals surface area (Å²) in [6.07, 6.45) is 10.9. The fraction of sp³-hybridized carbons (Fsp3) is 0.200. The third-order valence-corrected chi connectivity index (χ3v) is 2.97. The van der Waals surface area contributed by atoms with E-state index in [1.165, 1.54) is 0 Å². The maximum atomic E-state index is 5.82. The number of hydrogen-bond donors (Lipinski definition) is 0. The number of allylic oxidation sites excluding steroid dienone is 4. The fourth-order valence-corrected chi connectivity index (χ4v) is 1.80. The maximum absolute atomic E-state index is 5.82. The molecule has 0 bridgehead atoms. The zero-order chi connectivity index (χ0) is 15.0. The normalized spacial score (nSPS) is 12.7. The van der Waals surface area contributed by atoms with Gasteiger partial charge in [-0.3, -0.25) is 0 Å². The Labute approximate surface area is 154 Å². The number of hydrogen-bond acceptors (Lipinski definition) is 0. The van der Waals surface area contributed by atoms with Gasteiger partial charge in [-0.05, 0) is 25.7 Å². The van der Waals surface area contributed by atoms with Crippen LogP contribution in [0.25, 0.3) is 0 Å². The van der Waals surface area contributed by atoms with Crippen molar-refractivity contribution in [2.75, 3.05) is 0 Å². The van der Waals surface area contributed by atoms with Crippen LogP contribution in [0.4, 0.5) is 0 Å². The molecule has 2 heteroatoms. The minimum Gasteiger partial charge on any atom is -0.184 e. The predicted molar refractivity (Wildman–Crippen MR) is 92.1 cm³/mol. The molecule has 0 radical (unpaired) electrons. The molecule has 0 unspecified atom stereocenters. The largest absolute Gasteiger partial charge is 2.00 e. The monoisotopic (exact) mass is 491 g/mol. The Bertz CT molecular complexity index is 407. The first kappa shape index (κ1) is 20.9. The molecule has 0 aliphatic heterocycles. The molecule has 1 aliphatic carbocycles. The van der Waals surface area contributed by atoms with E-state index in [4.69, 9.17) is 11.6 Å². The minimum absolute atomic E-state index is 0. The molecule has 0 saturated carbocycles. The molecule has 2 aromatic rings. The van der Waals surface area contributed by atoms with E-state index in [0.29, 0.717) is 0 Å². The molecule has 0 spiro atoms. The predicted octanol–water partition coefficient (Wildman–Crippen LogP) is 6.21. The topological polar surface area (TPSA) is 0 Å². The molecule has 0 nitrogen and oxygen atoms in total. The molecule has 0 saturated heterocycles. The van der Waals surface area contributed by atoms with Crippen LogP contribution in [0.1, 0.15) is 25.7 Å². The fourth-order valence-electron chi connectivity index (χ4n) is 1.58. The molecule has 3 rings (SSSR count). The summed E-state index contributed by atoms with van der Waals surface area (Å²) in [6, 6.07) is 25.0. The molecular weight excluding hydrogens is 471 g/mol. The van der Waals surface area contributed by atoms with Gasteiger partial charge in [0.1, 0.15) is 0 Å². The van der Waals surface area contributed by atoms with Gasteiger partial charge in [-0.1, -0.05) is 29.8 Å². The van der Waals surface area contributed by atoms with Crippen LogP contribution >= 0.6 is 11.6 Å². The van der Waals surface area contributed by atoms with Crippen LogP contribution in [0.2, 0.25) is 0 Å². The minimum atomic E-state index is 0. The van der Waals surface area contributed by atoms with Gasteiger partial charge in [0.2, 0.25) is 0 Å². The van der Waals surface area contributed by atoms with Crippen molar-refractivity contribution >= 4 is 11.6 Å². The summed E-state index contributed by atoms with van der Waals surface area (Å²) in [5.41, 5.74) is 0. The smallest absolute Gasteiger partial charge is 0.184 e. The van der Waals surface area contributed by atoms with E-state index < -0.39 is 0 Å². The third-order valence-electron chi connectivity index (χ3n) is 2.63. The third kappa shape index (κ3) is 13.9. The molecular formula is C20H21ClPt. The Morgan fingerprint density at radius 1 is 0.682 bits per heavy atom. The number of rotatable bonds is 0. The summed E-state index contributed by atoms with van der Waals surface area (Å²) < 4.78 is 0. The second kappa shape index (κ2) is 16.3. The van der Waals surface area contributed by atoms with Crippen molar-refractivity contribution in [2.45, 2.75) is 25.7 Å². The Hall–Kier alpha value is -1.10. The van der Waals surface area contributed by atoms with Crippen molar-refractivity contribution in [1.29, 1.82) is 0 Å². The first-order chi connectivity index (χ1) is 10.4. The summed E-state index contributed by atoms with van der Waals surface area (Å²) in [5.74, 6) is 0. The summed E-state index contributed by atoms with van der Waals surface area (Å²) in [6.45, 7) is 0. The van der Waals surface area contributed by atoms with Crippen molar-refractivity contribution in [2.24, 2.45) is 0 Å². The van der Waals surface area contributed by atoms with E-state index in [9.17, 15) is 0 Å². The van der Waals surface area contributed by atoms with Gasteiger partial charge in [-0.2, -0.15) is 72.8 Å². The average molecular weight is 492 g/mol. The second-order valence-corrected chi connectivity index (χ2v) is 4.88. The van der Waals surface area contributed by atoms with E-state index in [0.717, 1.165) is 30.7 Å². The standard InChI is InChI=1S/C8H11Cl.2C6H5.Pt/c9-8-6-4-2-1-3-5-7-8;2*1-2-4-6-5-3-1;/h1-2,7H,3-6H2;2*1-5H;/q;2*-1;+2. The van der Waals surface area contributed by atoms with Gasteiger partial charge in [-0.15, -0.1) is 0 Å². The molecule has 1 aliphatic rings. The van der Waals surface area contributed by atoms with E-state index in [-0.39, 0.29) is 21.1 Å². The zero-order valence-electron chi connectivity index (χ0n) is 12.5. The Balaban J connectivity index is 0.000000303. The van der Waals surface area contributed by atoms with Gasteiger partial charge in [0.05, 0.1) is 0 Å².